The molecule has 0 spiro atoms. The van der Waals surface area contributed by atoms with E-state index in [-0.39, 0.29) is 17.8 Å². The Kier molecular flexibility index (Phi) is 3.45. The molecule has 1 aromatic rings. The number of hydrogen-bond donors (Lipinski definition) is 3. The number of tetrazole rings is 1. The molecule has 1 aliphatic carbocycles. The van der Waals surface area contributed by atoms with Crippen molar-refractivity contribution in [3.05, 3.63) is 5.82 Å². The zero-order valence-electron chi connectivity index (χ0n) is 9.02. The van der Waals surface area contributed by atoms with Crippen molar-refractivity contribution in [2.45, 2.75) is 31.7 Å². The van der Waals surface area contributed by atoms with Gasteiger partial charge in [-0.25, -0.2) is 0 Å². The zero-order chi connectivity index (χ0) is 11.4. The molecule has 2 atom stereocenters. The molecule has 1 fully saturated rings. The highest BCUT2D eigenvalue weighted by atomic mass is 16.2. The van der Waals surface area contributed by atoms with Crippen molar-refractivity contribution >= 4 is 5.91 Å². The Morgan fingerprint density at radius 1 is 1.50 bits per heavy atom. The van der Waals surface area contributed by atoms with Crippen molar-refractivity contribution in [1.29, 1.82) is 0 Å². The maximum absolute atomic E-state index is 11.7. The Balaban J connectivity index is 1.95. The SMILES string of the molecule is NCC1CCCCC1NC(=O)c1nn[nH]n1. The molecule has 88 valence electrons. The third-order valence-electron chi connectivity index (χ3n) is 3.08. The second kappa shape index (κ2) is 5.02. The molecular weight excluding hydrogens is 208 g/mol. The van der Waals surface area contributed by atoms with Crippen LogP contribution in [0.4, 0.5) is 0 Å². The minimum absolute atomic E-state index is 0.0846. The Bertz CT molecular complexity index is 338. The molecule has 0 bridgehead atoms. The summed E-state index contributed by atoms with van der Waals surface area (Å²) in [6, 6.07) is 0.143. The third kappa shape index (κ3) is 2.35. The van der Waals surface area contributed by atoms with Gasteiger partial charge in [0.05, 0.1) is 0 Å². The fourth-order valence-electron chi connectivity index (χ4n) is 2.17. The second-order valence-corrected chi connectivity index (χ2v) is 4.10. The van der Waals surface area contributed by atoms with Crippen LogP contribution in [-0.4, -0.2) is 39.1 Å². The maximum Gasteiger partial charge on any atom is 0.293 e. The molecular formula is C9H16N6O. The van der Waals surface area contributed by atoms with Crippen LogP contribution in [0.5, 0.6) is 0 Å². The number of aromatic amines is 1. The topological polar surface area (TPSA) is 110 Å². The van der Waals surface area contributed by atoms with Crippen LogP contribution in [0, 0.1) is 5.92 Å². The normalized spacial score (nSPS) is 25.3. The van der Waals surface area contributed by atoms with E-state index in [0.717, 1.165) is 19.3 Å². The highest BCUT2D eigenvalue weighted by Crippen LogP contribution is 2.23. The van der Waals surface area contributed by atoms with Gasteiger partial charge in [-0.05, 0) is 30.5 Å². The number of hydrogen-bond acceptors (Lipinski definition) is 5. The van der Waals surface area contributed by atoms with Crippen molar-refractivity contribution < 1.29 is 4.79 Å². The Hall–Kier alpha value is -1.50. The van der Waals surface area contributed by atoms with Gasteiger partial charge in [-0.15, -0.1) is 10.2 Å². The summed E-state index contributed by atoms with van der Waals surface area (Å²) in [7, 11) is 0. The lowest BCUT2D eigenvalue weighted by molar-refractivity contribution is 0.0897. The average Bonchev–Trinajstić information content (AvgIpc) is 2.83. The van der Waals surface area contributed by atoms with E-state index in [1.54, 1.807) is 0 Å². The van der Waals surface area contributed by atoms with Crippen molar-refractivity contribution in [2.24, 2.45) is 11.7 Å². The van der Waals surface area contributed by atoms with Gasteiger partial charge in [-0.3, -0.25) is 4.79 Å². The van der Waals surface area contributed by atoms with Crippen LogP contribution in [0.3, 0.4) is 0 Å². The summed E-state index contributed by atoms with van der Waals surface area (Å²) in [5, 5.41) is 15.8. The number of aromatic nitrogens is 4. The lowest BCUT2D eigenvalue weighted by Crippen LogP contribution is -2.45. The first kappa shape index (κ1) is 11.0. The number of nitrogens with one attached hydrogen (secondary N) is 2. The number of amides is 1. The summed E-state index contributed by atoms with van der Waals surface area (Å²) in [5.74, 6) is 0.171. The fourth-order valence-corrected chi connectivity index (χ4v) is 2.17. The van der Waals surface area contributed by atoms with Crippen LogP contribution in [-0.2, 0) is 0 Å². The lowest BCUT2D eigenvalue weighted by Gasteiger charge is -2.30. The smallest absolute Gasteiger partial charge is 0.293 e. The molecule has 1 aliphatic rings. The van der Waals surface area contributed by atoms with Crippen LogP contribution < -0.4 is 11.1 Å². The first-order chi connectivity index (χ1) is 7.81. The molecule has 2 rings (SSSR count). The third-order valence-corrected chi connectivity index (χ3v) is 3.08. The Labute approximate surface area is 93.2 Å². The summed E-state index contributed by atoms with van der Waals surface area (Å²) in [5.41, 5.74) is 5.69. The number of H-pyrrole nitrogens is 1. The van der Waals surface area contributed by atoms with Crippen molar-refractivity contribution in [3.63, 3.8) is 0 Å². The summed E-state index contributed by atoms with van der Waals surface area (Å²) < 4.78 is 0. The average molecular weight is 224 g/mol. The summed E-state index contributed by atoms with van der Waals surface area (Å²) in [4.78, 5) is 11.7. The highest BCUT2D eigenvalue weighted by molar-refractivity contribution is 5.90. The fraction of sp³-hybridized carbons (Fsp3) is 0.778. The van der Waals surface area contributed by atoms with E-state index in [1.165, 1.54) is 6.42 Å². The second-order valence-electron chi connectivity index (χ2n) is 4.10. The quantitative estimate of drug-likeness (QED) is 0.638. The van der Waals surface area contributed by atoms with E-state index in [4.69, 9.17) is 5.73 Å². The Morgan fingerprint density at radius 3 is 3.00 bits per heavy atom. The zero-order valence-corrected chi connectivity index (χ0v) is 9.02. The summed E-state index contributed by atoms with van der Waals surface area (Å²) in [6.07, 6.45) is 4.38. The molecule has 1 amide bonds. The van der Waals surface area contributed by atoms with Crippen LogP contribution >= 0.6 is 0 Å². The molecule has 4 N–H and O–H groups in total. The van der Waals surface area contributed by atoms with Crippen LogP contribution in [0.25, 0.3) is 0 Å². The molecule has 0 aliphatic heterocycles. The van der Waals surface area contributed by atoms with Gasteiger partial charge in [0.1, 0.15) is 0 Å². The molecule has 0 aromatic carbocycles. The van der Waals surface area contributed by atoms with Gasteiger partial charge >= 0.3 is 0 Å². The largest absolute Gasteiger partial charge is 0.346 e. The van der Waals surface area contributed by atoms with E-state index in [1.807, 2.05) is 0 Å². The van der Waals surface area contributed by atoms with Gasteiger partial charge in [0.15, 0.2) is 0 Å². The van der Waals surface area contributed by atoms with Gasteiger partial charge in [-0.2, -0.15) is 5.21 Å². The monoisotopic (exact) mass is 224 g/mol. The Morgan fingerprint density at radius 2 is 2.31 bits per heavy atom. The predicted octanol–water partition coefficient (Wildman–Crippen LogP) is -0.553. The molecule has 16 heavy (non-hydrogen) atoms. The van der Waals surface area contributed by atoms with Crippen LogP contribution in [0.2, 0.25) is 0 Å². The van der Waals surface area contributed by atoms with Crippen molar-refractivity contribution in [1.82, 2.24) is 25.9 Å². The molecule has 7 nitrogen and oxygen atoms in total. The van der Waals surface area contributed by atoms with Gasteiger partial charge in [0, 0.05) is 6.04 Å². The molecule has 2 unspecified atom stereocenters. The minimum Gasteiger partial charge on any atom is -0.346 e. The number of nitrogens with two attached hydrogens (primary N) is 1. The number of carbonyl (C=O) groups is 1. The summed E-state index contributed by atoms with van der Waals surface area (Å²) in [6.45, 7) is 0.608. The lowest BCUT2D eigenvalue weighted by atomic mass is 9.84. The van der Waals surface area contributed by atoms with E-state index in [0.29, 0.717) is 12.5 Å². The first-order valence-corrected chi connectivity index (χ1v) is 5.55. The van der Waals surface area contributed by atoms with E-state index >= 15 is 0 Å². The molecule has 0 saturated heterocycles. The minimum atomic E-state index is -0.279. The number of rotatable bonds is 3. The standard InChI is InChI=1S/C9H16N6O/c10-5-6-3-1-2-4-7(6)11-9(16)8-12-14-15-13-8/h6-7H,1-5,10H2,(H,11,16)(H,12,13,14,15). The molecule has 1 aromatic heterocycles. The number of nitrogens with zero attached hydrogens (tertiary/aromatic N) is 3. The van der Waals surface area contributed by atoms with Gasteiger partial charge in [-0.1, -0.05) is 12.8 Å². The van der Waals surface area contributed by atoms with Gasteiger partial charge in [0.25, 0.3) is 11.7 Å². The first-order valence-electron chi connectivity index (χ1n) is 5.55. The van der Waals surface area contributed by atoms with Crippen molar-refractivity contribution in [3.8, 4) is 0 Å². The molecule has 0 radical (unpaired) electrons. The maximum atomic E-state index is 11.7. The molecule has 1 saturated carbocycles. The van der Waals surface area contributed by atoms with Crippen LogP contribution in [0.1, 0.15) is 36.3 Å². The molecule has 1 heterocycles. The van der Waals surface area contributed by atoms with Gasteiger partial charge in [0.2, 0.25) is 0 Å². The van der Waals surface area contributed by atoms with E-state index in [2.05, 4.69) is 25.9 Å². The van der Waals surface area contributed by atoms with Crippen molar-refractivity contribution in [2.75, 3.05) is 6.54 Å². The molecule has 7 heteroatoms. The highest BCUT2D eigenvalue weighted by Gasteiger charge is 2.26. The summed E-state index contributed by atoms with van der Waals surface area (Å²) >= 11 is 0. The van der Waals surface area contributed by atoms with Gasteiger partial charge < -0.3 is 11.1 Å². The predicted molar refractivity (Wildman–Crippen MR) is 56.4 cm³/mol. The number of carbonyl (C=O) groups excluding carboxylic acids is 1. The van der Waals surface area contributed by atoms with E-state index < -0.39 is 0 Å². The van der Waals surface area contributed by atoms with Crippen LogP contribution in [0.15, 0.2) is 0 Å². The van der Waals surface area contributed by atoms with E-state index in [9.17, 15) is 4.79 Å².